The molecule has 3 heteroatoms. The highest BCUT2D eigenvalue weighted by atomic mass is 16.5. The van der Waals surface area contributed by atoms with E-state index in [1.54, 1.807) is 0 Å². The van der Waals surface area contributed by atoms with E-state index in [0.717, 1.165) is 13.0 Å². The molecule has 1 aliphatic rings. The molecule has 0 aromatic heterocycles. The maximum absolute atomic E-state index is 5.87. The lowest BCUT2D eigenvalue weighted by Gasteiger charge is -2.39. The molecule has 0 radical (unpaired) electrons. The summed E-state index contributed by atoms with van der Waals surface area (Å²) in [6.07, 6.45) is 1.10. The van der Waals surface area contributed by atoms with Crippen molar-refractivity contribution in [2.24, 2.45) is 5.41 Å². The second-order valence-corrected chi connectivity index (χ2v) is 6.61. The Balaban J connectivity index is 2.09. The molecule has 1 saturated heterocycles. The number of hydrogen-bond donors (Lipinski definition) is 1. The lowest BCUT2D eigenvalue weighted by Crippen LogP contribution is -2.47. The zero-order valence-electron chi connectivity index (χ0n) is 12.7. The van der Waals surface area contributed by atoms with Crippen LogP contribution in [0.5, 0.6) is 0 Å². The number of ether oxygens (including phenoxy) is 1. The number of rotatable bonds is 2. The Kier molecular flexibility index (Phi) is 4.16. The summed E-state index contributed by atoms with van der Waals surface area (Å²) in [4.78, 5) is 2.11. The molecule has 1 aliphatic heterocycles. The largest absolute Gasteiger partial charge is 0.378 e. The van der Waals surface area contributed by atoms with Gasteiger partial charge in [-0.3, -0.25) is 5.32 Å². The van der Waals surface area contributed by atoms with Crippen LogP contribution in [0.15, 0.2) is 24.3 Å². The molecule has 0 aliphatic carbocycles. The average Bonchev–Trinajstić information content (AvgIpc) is 2.38. The van der Waals surface area contributed by atoms with Gasteiger partial charge in [0.05, 0.1) is 6.61 Å². The van der Waals surface area contributed by atoms with Crippen molar-refractivity contribution in [2.75, 3.05) is 25.6 Å². The SMILES string of the molecule is CN(C)c1ccc([C@H]2N[C@@H](C(C)(C)C)CCO2)cc1. The Bertz CT molecular complexity index is 406. The highest BCUT2D eigenvalue weighted by molar-refractivity contribution is 5.46. The van der Waals surface area contributed by atoms with Crippen LogP contribution in [0.1, 0.15) is 39.0 Å². The highest BCUT2D eigenvalue weighted by Crippen LogP contribution is 2.30. The molecule has 19 heavy (non-hydrogen) atoms. The predicted octanol–water partition coefficient (Wildman–Crippen LogP) is 3.18. The summed E-state index contributed by atoms with van der Waals surface area (Å²) in [6, 6.07) is 9.08. The van der Waals surface area contributed by atoms with E-state index < -0.39 is 0 Å². The zero-order chi connectivity index (χ0) is 14.0. The summed E-state index contributed by atoms with van der Waals surface area (Å²) >= 11 is 0. The fourth-order valence-electron chi connectivity index (χ4n) is 2.44. The average molecular weight is 262 g/mol. The third-order valence-electron chi connectivity index (χ3n) is 3.80. The minimum Gasteiger partial charge on any atom is -0.378 e. The van der Waals surface area contributed by atoms with Crippen molar-refractivity contribution in [2.45, 2.75) is 39.5 Å². The van der Waals surface area contributed by atoms with Crippen molar-refractivity contribution in [3.63, 3.8) is 0 Å². The maximum Gasteiger partial charge on any atom is 0.134 e. The topological polar surface area (TPSA) is 24.5 Å². The Morgan fingerprint density at radius 2 is 1.79 bits per heavy atom. The molecule has 0 unspecified atom stereocenters. The van der Waals surface area contributed by atoms with Gasteiger partial charge in [-0.2, -0.15) is 0 Å². The Morgan fingerprint density at radius 3 is 2.32 bits per heavy atom. The second kappa shape index (κ2) is 5.51. The van der Waals surface area contributed by atoms with E-state index in [1.165, 1.54) is 11.3 Å². The number of anilines is 1. The van der Waals surface area contributed by atoms with Crippen molar-refractivity contribution in [3.8, 4) is 0 Å². The van der Waals surface area contributed by atoms with Gasteiger partial charge in [0, 0.05) is 25.8 Å². The number of hydrogen-bond acceptors (Lipinski definition) is 3. The van der Waals surface area contributed by atoms with E-state index in [2.05, 4.69) is 69.3 Å². The molecule has 106 valence electrons. The van der Waals surface area contributed by atoms with Crippen molar-refractivity contribution in [1.82, 2.24) is 5.32 Å². The number of nitrogens with one attached hydrogen (secondary N) is 1. The molecule has 2 rings (SSSR count). The van der Waals surface area contributed by atoms with Gasteiger partial charge in [0.25, 0.3) is 0 Å². The van der Waals surface area contributed by atoms with Gasteiger partial charge in [-0.1, -0.05) is 32.9 Å². The highest BCUT2D eigenvalue weighted by Gasteiger charge is 2.30. The lowest BCUT2D eigenvalue weighted by molar-refractivity contribution is -0.0400. The molecule has 1 heterocycles. The Labute approximate surface area is 116 Å². The summed E-state index contributed by atoms with van der Waals surface area (Å²) in [5.41, 5.74) is 2.69. The first kappa shape index (κ1) is 14.4. The Morgan fingerprint density at radius 1 is 1.16 bits per heavy atom. The van der Waals surface area contributed by atoms with Crippen LogP contribution < -0.4 is 10.2 Å². The van der Waals surface area contributed by atoms with E-state index in [9.17, 15) is 0 Å². The summed E-state index contributed by atoms with van der Waals surface area (Å²) in [6.45, 7) is 7.67. The minimum absolute atomic E-state index is 0.0224. The fourth-order valence-corrected chi connectivity index (χ4v) is 2.44. The van der Waals surface area contributed by atoms with Crippen LogP contribution in [-0.2, 0) is 4.74 Å². The third kappa shape index (κ3) is 3.48. The summed E-state index contributed by atoms with van der Waals surface area (Å²) in [7, 11) is 4.11. The van der Waals surface area contributed by atoms with E-state index in [4.69, 9.17) is 4.74 Å². The molecular formula is C16H26N2O. The van der Waals surface area contributed by atoms with Crippen LogP contribution in [0.4, 0.5) is 5.69 Å². The van der Waals surface area contributed by atoms with Gasteiger partial charge in [-0.25, -0.2) is 0 Å². The van der Waals surface area contributed by atoms with Gasteiger partial charge in [-0.15, -0.1) is 0 Å². The smallest absolute Gasteiger partial charge is 0.134 e. The maximum atomic E-state index is 5.87. The molecule has 0 saturated carbocycles. The Hall–Kier alpha value is -1.06. The monoisotopic (exact) mass is 262 g/mol. The molecule has 1 aromatic rings. The molecular weight excluding hydrogens is 236 g/mol. The fraction of sp³-hybridized carbons (Fsp3) is 0.625. The van der Waals surface area contributed by atoms with E-state index in [0.29, 0.717) is 6.04 Å². The zero-order valence-corrected chi connectivity index (χ0v) is 12.7. The second-order valence-electron chi connectivity index (χ2n) is 6.61. The van der Waals surface area contributed by atoms with Gasteiger partial charge in [0.15, 0.2) is 0 Å². The van der Waals surface area contributed by atoms with Gasteiger partial charge in [0.2, 0.25) is 0 Å². The van der Waals surface area contributed by atoms with Crippen LogP contribution in [-0.4, -0.2) is 26.7 Å². The summed E-state index contributed by atoms with van der Waals surface area (Å²) in [5, 5.41) is 3.62. The minimum atomic E-state index is 0.0224. The van der Waals surface area contributed by atoms with Crippen LogP contribution in [0, 0.1) is 5.41 Å². The van der Waals surface area contributed by atoms with E-state index in [-0.39, 0.29) is 11.6 Å². The van der Waals surface area contributed by atoms with Crippen LogP contribution in [0.2, 0.25) is 0 Å². The van der Waals surface area contributed by atoms with E-state index in [1.807, 2.05) is 0 Å². The van der Waals surface area contributed by atoms with Crippen LogP contribution >= 0.6 is 0 Å². The molecule has 1 N–H and O–H groups in total. The number of benzene rings is 1. The predicted molar refractivity (Wildman–Crippen MR) is 80.5 cm³/mol. The third-order valence-corrected chi connectivity index (χ3v) is 3.80. The van der Waals surface area contributed by atoms with Gasteiger partial charge >= 0.3 is 0 Å². The van der Waals surface area contributed by atoms with Crippen molar-refractivity contribution >= 4 is 5.69 Å². The first-order valence-electron chi connectivity index (χ1n) is 7.03. The summed E-state index contributed by atoms with van der Waals surface area (Å²) < 4.78 is 5.87. The standard InChI is InChI=1S/C16H26N2O/c1-16(2,3)14-10-11-19-15(17-14)12-6-8-13(9-7-12)18(4)5/h6-9,14-15,17H,10-11H2,1-5H3/t14-,15+/m1/s1. The van der Waals surface area contributed by atoms with Crippen molar-refractivity contribution < 1.29 is 4.74 Å². The van der Waals surface area contributed by atoms with Crippen LogP contribution in [0.25, 0.3) is 0 Å². The molecule has 1 fully saturated rings. The summed E-state index contributed by atoms with van der Waals surface area (Å²) in [5.74, 6) is 0. The normalized spacial score (nSPS) is 24.3. The van der Waals surface area contributed by atoms with Crippen LogP contribution in [0.3, 0.4) is 0 Å². The van der Waals surface area contributed by atoms with Gasteiger partial charge < -0.3 is 9.64 Å². The van der Waals surface area contributed by atoms with Gasteiger partial charge in [0.1, 0.15) is 6.23 Å². The first-order valence-corrected chi connectivity index (χ1v) is 7.03. The quantitative estimate of drug-likeness (QED) is 0.886. The first-order chi connectivity index (χ1) is 8.88. The van der Waals surface area contributed by atoms with Gasteiger partial charge in [-0.05, 0) is 29.5 Å². The lowest BCUT2D eigenvalue weighted by atomic mass is 9.84. The molecule has 0 bridgehead atoms. The van der Waals surface area contributed by atoms with Crippen molar-refractivity contribution in [1.29, 1.82) is 0 Å². The number of nitrogens with zero attached hydrogens (tertiary/aromatic N) is 1. The van der Waals surface area contributed by atoms with E-state index >= 15 is 0 Å². The molecule has 1 aromatic carbocycles. The van der Waals surface area contributed by atoms with Crippen molar-refractivity contribution in [3.05, 3.63) is 29.8 Å². The molecule has 0 amide bonds. The molecule has 0 spiro atoms. The molecule has 3 nitrogen and oxygen atoms in total. The molecule has 2 atom stereocenters.